The number of anilines is 1. The normalized spacial score (nSPS) is 12.0. The fraction of sp³-hybridized carbons (Fsp3) is 0.562. The van der Waals surface area contributed by atoms with Gasteiger partial charge >= 0.3 is 0 Å². The van der Waals surface area contributed by atoms with Crippen molar-refractivity contribution >= 4 is 27.5 Å². The molecule has 1 amide bonds. The van der Waals surface area contributed by atoms with Gasteiger partial charge in [0, 0.05) is 37.3 Å². The summed E-state index contributed by atoms with van der Waals surface area (Å²) in [5.74, 6) is 0.0259. The van der Waals surface area contributed by atoms with Gasteiger partial charge < -0.3 is 15.5 Å². The monoisotopic (exact) mass is 355 g/mol. The van der Waals surface area contributed by atoms with Crippen LogP contribution in [-0.2, 0) is 11.3 Å². The molecule has 21 heavy (non-hydrogen) atoms. The van der Waals surface area contributed by atoms with E-state index in [1.165, 1.54) is 5.56 Å². The van der Waals surface area contributed by atoms with Gasteiger partial charge in [0.2, 0.25) is 5.91 Å². The van der Waals surface area contributed by atoms with Crippen molar-refractivity contribution < 1.29 is 4.79 Å². The van der Waals surface area contributed by atoms with Gasteiger partial charge in [0.05, 0.1) is 5.92 Å². The van der Waals surface area contributed by atoms with Crippen molar-refractivity contribution in [2.24, 2.45) is 5.92 Å². The van der Waals surface area contributed by atoms with Crippen LogP contribution in [-0.4, -0.2) is 33.1 Å². The van der Waals surface area contributed by atoms with Gasteiger partial charge in [-0.1, -0.05) is 35.8 Å². The number of nitrogens with one attached hydrogen (secondary N) is 2. The van der Waals surface area contributed by atoms with Crippen molar-refractivity contribution in [3.05, 3.63) is 28.2 Å². The first-order valence-electron chi connectivity index (χ1n) is 7.41. The molecule has 0 bridgehead atoms. The first-order valence-corrected chi connectivity index (χ1v) is 8.20. The molecular formula is C16H26BrN3O. The van der Waals surface area contributed by atoms with Gasteiger partial charge in [0.1, 0.15) is 0 Å². The van der Waals surface area contributed by atoms with Gasteiger partial charge in [-0.05, 0) is 30.7 Å². The molecule has 1 rings (SSSR count). The lowest BCUT2D eigenvalue weighted by Crippen LogP contribution is -2.35. The third-order valence-corrected chi connectivity index (χ3v) is 3.94. The third kappa shape index (κ3) is 5.67. The average Bonchev–Trinajstić information content (AvgIpc) is 2.47. The largest absolute Gasteiger partial charge is 0.374 e. The molecule has 0 saturated heterocycles. The minimum Gasteiger partial charge on any atom is -0.374 e. The van der Waals surface area contributed by atoms with Crippen molar-refractivity contribution in [3.8, 4) is 0 Å². The van der Waals surface area contributed by atoms with Crippen LogP contribution in [0.3, 0.4) is 0 Å². The Morgan fingerprint density at radius 3 is 2.76 bits per heavy atom. The Kier molecular flexibility index (Phi) is 7.75. The first kappa shape index (κ1) is 18.0. The Morgan fingerprint density at radius 2 is 2.14 bits per heavy atom. The molecule has 0 fully saturated rings. The highest BCUT2D eigenvalue weighted by Crippen LogP contribution is 2.25. The third-order valence-electron chi connectivity index (χ3n) is 3.44. The molecule has 0 aliphatic heterocycles. The highest BCUT2D eigenvalue weighted by atomic mass is 79.9. The lowest BCUT2D eigenvalue weighted by molar-refractivity contribution is -0.123. The number of hydrogen-bond acceptors (Lipinski definition) is 3. The van der Waals surface area contributed by atoms with Crippen LogP contribution in [0.25, 0.3) is 0 Å². The van der Waals surface area contributed by atoms with Gasteiger partial charge in [-0.2, -0.15) is 0 Å². The number of amides is 1. The zero-order valence-electron chi connectivity index (χ0n) is 13.4. The second-order valence-corrected chi connectivity index (χ2v) is 6.26. The number of halogens is 1. The van der Waals surface area contributed by atoms with Crippen molar-refractivity contribution in [1.29, 1.82) is 0 Å². The van der Waals surface area contributed by atoms with E-state index in [0.29, 0.717) is 6.54 Å². The minimum atomic E-state index is -0.0459. The molecule has 0 spiro atoms. The summed E-state index contributed by atoms with van der Waals surface area (Å²) >= 11 is 3.53. The summed E-state index contributed by atoms with van der Waals surface area (Å²) in [6.45, 7) is 6.65. The zero-order valence-corrected chi connectivity index (χ0v) is 15.0. The van der Waals surface area contributed by atoms with Gasteiger partial charge in [0.25, 0.3) is 0 Å². The van der Waals surface area contributed by atoms with Gasteiger partial charge in [-0.25, -0.2) is 0 Å². The molecule has 1 unspecified atom stereocenters. The number of nitrogens with zero attached hydrogens (tertiary/aromatic N) is 1. The second-order valence-electron chi connectivity index (χ2n) is 5.35. The highest BCUT2D eigenvalue weighted by Gasteiger charge is 2.16. The van der Waals surface area contributed by atoms with Crippen molar-refractivity contribution in [1.82, 2.24) is 10.6 Å². The zero-order chi connectivity index (χ0) is 15.8. The van der Waals surface area contributed by atoms with E-state index in [9.17, 15) is 4.79 Å². The molecule has 1 atom stereocenters. The van der Waals surface area contributed by atoms with Crippen molar-refractivity contribution in [3.63, 3.8) is 0 Å². The van der Waals surface area contributed by atoms with Crippen LogP contribution in [0.5, 0.6) is 0 Å². The Morgan fingerprint density at radius 1 is 1.43 bits per heavy atom. The van der Waals surface area contributed by atoms with Crippen LogP contribution < -0.4 is 15.5 Å². The molecule has 0 radical (unpaired) electrons. The Balaban J connectivity index is 2.83. The standard InChI is InChI=1S/C16H26BrN3O/c1-5-8-19-10-13-6-7-14(17)9-15(13)20(4)11-12(2)16(21)18-3/h6-7,9,12,19H,5,8,10-11H2,1-4H3,(H,18,21). The van der Waals surface area contributed by atoms with Gasteiger partial charge in [0.15, 0.2) is 0 Å². The highest BCUT2D eigenvalue weighted by molar-refractivity contribution is 9.10. The SMILES string of the molecule is CCCNCc1ccc(Br)cc1N(C)CC(C)C(=O)NC. The van der Waals surface area contributed by atoms with Crippen LogP contribution in [0, 0.1) is 5.92 Å². The smallest absolute Gasteiger partial charge is 0.224 e. The number of hydrogen-bond donors (Lipinski definition) is 2. The molecule has 4 nitrogen and oxygen atoms in total. The van der Waals surface area contributed by atoms with E-state index in [4.69, 9.17) is 0 Å². The maximum absolute atomic E-state index is 11.7. The van der Waals surface area contributed by atoms with E-state index >= 15 is 0 Å². The number of carbonyl (C=O) groups excluding carboxylic acids is 1. The lowest BCUT2D eigenvalue weighted by atomic mass is 10.1. The Labute approximate surface area is 136 Å². The molecule has 0 saturated carbocycles. The molecule has 1 aromatic carbocycles. The molecule has 0 aliphatic carbocycles. The maximum atomic E-state index is 11.7. The molecule has 118 valence electrons. The predicted molar refractivity (Wildman–Crippen MR) is 92.6 cm³/mol. The molecule has 0 aromatic heterocycles. The second kappa shape index (κ2) is 9.05. The van der Waals surface area contributed by atoms with E-state index in [1.807, 2.05) is 14.0 Å². The average molecular weight is 356 g/mol. The van der Waals surface area contributed by atoms with Crippen LogP contribution in [0.4, 0.5) is 5.69 Å². The molecule has 0 aliphatic rings. The van der Waals surface area contributed by atoms with E-state index in [2.05, 4.69) is 56.6 Å². The maximum Gasteiger partial charge on any atom is 0.224 e. The Bertz CT molecular complexity index is 465. The van der Waals surface area contributed by atoms with Crippen LogP contribution in [0.2, 0.25) is 0 Å². The molecular weight excluding hydrogens is 330 g/mol. The number of benzene rings is 1. The number of rotatable bonds is 8. The predicted octanol–water partition coefficient (Wildman–Crippen LogP) is 2.77. The first-order chi connectivity index (χ1) is 9.99. The van der Waals surface area contributed by atoms with E-state index in [0.717, 1.165) is 29.7 Å². The summed E-state index contributed by atoms with van der Waals surface area (Å²) in [4.78, 5) is 13.8. The molecule has 2 N–H and O–H groups in total. The molecule has 1 aromatic rings. The summed E-state index contributed by atoms with van der Waals surface area (Å²) in [6, 6.07) is 6.30. The summed E-state index contributed by atoms with van der Waals surface area (Å²) in [7, 11) is 3.71. The minimum absolute atomic E-state index is 0.0459. The van der Waals surface area contributed by atoms with Crippen LogP contribution in [0.1, 0.15) is 25.8 Å². The quantitative estimate of drug-likeness (QED) is 0.704. The summed E-state index contributed by atoms with van der Waals surface area (Å²) in [5.41, 5.74) is 2.40. The topological polar surface area (TPSA) is 44.4 Å². The van der Waals surface area contributed by atoms with Crippen LogP contribution >= 0.6 is 15.9 Å². The van der Waals surface area contributed by atoms with Crippen LogP contribution in [0.15, 0.2) is 22.7 Å². The summed E-state index contributed by atoms with van der Waals surface area (Å²) in [5, 5.41) is 6.13. The fourth-order valence-corrected chi connectivity index (χ4v) is 2.63. The Hall–Kier alpha value is -1.07. The number of carbonyl (C=O) groups is 1. The van der Waals surface area contributed by atoms with E-state index in [-0.39, 0.29) is 11.8 Å². The summed E-state index contributed by atoms with van der Waals surface area (Å²) in [6.07, 6.45) is 1.12. The van der Waals surface area contributed by atoms with Crippen molar-refractivity contribution in [2.45, 2.75) is 26.8 Å². The van der Waals surface area contributed by atoms with Gasteiger partial charge in [-0.15, -0.1) is 0 Å². The fourth-order valence-electron chi connectivity index (χ4n) is 2.28. The van der Waals surface area contributed by atoms with E-state index < -0.39 is 0 Å². The summed E-state index contributed by atoms with van der Waals surface area (Å²) < 4.78 is 1.05. The van der Waals surface area contributed by atoms with Crippen molar-refractivity contribution in [2.75, 3.05) is 32.1 Å². The van der Waals surface area contributed by atoms with Gasteiger partial charge in [-0.3, -0.25) is 4.79 Å². The molecule has 0 heterocycles. The molecule has 5 heteroatoms. The van der Waals surface area contributed by atoms with E-state index in [1.54, 1.807) is 7.05 Å². The lowest BCUT2D eigenvalue weighted by Gasteiger charge is -2.25.